The van der Waals surface area contributed by atoms with E-state index in [4.69, 9.17) is 4.43 Å². The van der Waals surface area contributed by atoms with Crippen LogP contribution >= 0.6 is 0 Å². The van der Waals surface area contributed by atoms with Gasteiger partial charge in [-0.25, -0.2) is 27.2 Å². The van der Waals surface area contributed by atoms with Gasteiger partial charge in [-0.15, -0.1) is 0 Å². The first-order valence-corrected chi connectivity index (χ1v) is 18.0. The molecule has 1 aliphatic heterocycles. The number of carboxylic acid groups (broad SMARTS) is 1. The van der Waals surface area contributed by atoms with Crippen molar-refractivity contribution in [3.8, 4) is 0 Å². The van der Waals surface area contributed by atoms with Crippen molar-refractivity contribution in [3.05, 3.63) is 47.9 Å². The molecule has 1 saturated heterocycles. The van der Waals surface area contributed by atoms with E-state index >= 15 is 0 Å². The third-order valence-electron chi connectivity index (χ3n) is 8.32. The Morgan fingerprint density at radius 1 is 1.18 bits per heavy atom. The van der Waals surface area contributed by atoms with E-state index in [1.165, 1.54) is 15.2 Å². The summed E-state index contributed by atoms with van der Waals surface area (Å²) in [5.41, 5.74) is 2.00. The third kappa shape index (κ3) is 6.03. The second-order valence-electron chi connectivity index (χ2n) is 12.3. The number of aryl methyl sites for hydroxylation is 1. The SMILES string of the molecule is Cc1ccc(S(=O)(=O)n2cc(CCO[Si](C)(C)C(C)(C)C)c3c(N[C@@H]4CC[C@H](C)N(C(=O)O)C4)ncnc32)cc1. The zero-order valence-electron chi connectivity index (χ0n) is 24.4. The summed E-state index contributed by atoms with van der Waals surface area (Å²) in [6, 6.07) is 6.50. The van der Waals surface area contributed by atoms with Gasteiger partial charge in [-0.1, -0.05) is 38.5 Å². The molecule has 0 bridgehead atoms. The molecule has 0 aliphatic carbocycles. The topological polar surface area (TPSA) is 127 Å². The van der Waals surface area contributed by atoms with Crippen LogP contribution in [0.5, 0.6) is 0 Å². The Hall–Kier alpha value is -2.96. The first-order valence-electron chi connectivity index (χ1n) is 13.7. The highest BCUT2D eigenvalue weighted by Crippen LogP contribution is 2.37. The molecule has 40 heavy (non-hydrogen) atoms. The van der Waals surface area contributed by atoms with E-state index in [1.54, 1.807) is 30.5 Å². The lowest BCUT2D eigenvalue weighted by Gasteiger charge is -2.36. The molecule has 0 saturated carbocycles. The number of anilines is 1. The number of amides is 1. The number of piperidine rings is 1. The molecule has 3 heterocycles. The molecule has 2 aromatic heterocycles. The van der Waals surface area contributed by atoms with Gasteiger partial charge in [0, 0.05) is 31.4 Å². The van der Waals surface area contributed by atoms with Gasteiger partial charge in [0.1, 0.15) is 12.1 Å². The van der Waals surface area contributed by atoms with E-state index in [-0.39, 0.29) is 27.7 Å². The van der Waals surface area contributed by atoms with E-state index in [0.717, 1.165) is 17.5 Å². The number of hydrogen-bond donors (Lipinski definition) is 2. The van der Waals surface area contributed by atoms with Gasteiger partial charge in [-0.2, -0.15) is 0 Å². The third-order valence-corrected chi connectivity index (χ3v) is 14.5. The molecule has 3 aromatic rings. The van der Waals surface area contributed by atoms with Gasteiger partial charge < -0.3 is 19.7 Å². The molecule has 218 valence electrons. The lowest BCUT2D eigenvalue weighted by Crippen LogP contribution is -2.49. The van der Waals surface area contributed by atoms with Gasteiger partial charge in [0.25, 0.3) is 10.0 Å². The minimum atomic E-state index is -3.93. The monoisotopic (exact) mass is 587 g/mol. The molecule has 2 atom stereocenters. The highest BCUT2D eigenvalue weighted by Gasteiger charge is 2.37. The minimum absolute atomic E-state index is 0.0414. The molecule has 0 spiro atoms. The number of nitrogens with one attached hydrogen (secondary N) is 1. The van der Waals surface area contributed by atoms with Crippen LogP contribution in [0.1, 0.15) is 51.7 Å². The lowest BCUT2D eigenvalue weighted by atomic mass is 9.99. The molecule has 12 heteroatoms. The fourth-order valence-corrected chi connectivity index (χ4v) is 7.11. The number of nitrogens with zero attached hydrogens (tertiary/aromatic N) is 4. The average molecular weight is 588 g/mol. The maximum atomic E-state index is 13.8. The van der Waals surface area contributed by atoms with E-state index in [1.807, 2.05) is 13.8 Å². The Morgan fingerprint density at radius 2 is 1.85 bits per heavy atom. The molecule has 4 rings (SSSR count). The van der Waals surface area contributed by atoms with Gasteiger partial charge in [-0.05, 0) is 68.9 Å². The molecular weight excluding hydrogens is 546 g/mol. The summed E-state index contributed by atoms with van der Waals surface area (Å²) in [5, 5.41) is 13.7. The van der Waals surface area contributed by atoms with Crippen LogP contribution < -0.4 is 5.32 Å². The Morgan fingerprint density at radius 3 is 2.48 bits per heavy atom. The molecule has 1 amide bonds. The summed E-state index contributed by atoms with van der Waals surface area (Å²) < 4.78 is 35.2. The van der Waals surface area contributed by atoms with Crippen LogP contribution in [0.2, 0.25) is 18.1 Å². The zero-order valence-corrected chi connectivity index (χ0v) is 26.2. The van der Waals surface area contributed by atoms with Gasteiger partial charge >= 0.3 is 6.09 Å². The minimum Gasteiger partial charge on any atom is -0.465 e. The first kappa shape index (κ1) is 30.0. The van der Waals surface area contributed by atoms with Crippen LogP contribution in [0.3, 0.4) is 0 Å². The van der Waals surface area contributed by atoms with E-state index in [2.05, 4.69) is 49.1 Å². The summed E-state index contributed by atoms with van der Waals surface area (Å²) in [4.78, 5) is 22.3. The standard InChI is InChI=1S/C28H41N5O5SSi/c1-19-8-12-23(13-9-19)39(36,37)33-16-21(14-15-38-40(6,7)28(3,4)5)24-25(29-18-30-26(24)33)31-22-11-10-20(2)32(17-22)27(34)35/h8-9,12-13,16,18,20,22H,10-11,14-15,17H2,1-7H3,(H,34,35)(H,29,30,31)/t20-,22+/m0/s1. The van der Waals surface area contributed by atoms with Crippen LogP contribution in [0.15, 0.2) is 41.7 Å². The predicted molar refractivity (Wildman–Crippen MR) is 159 cm³/mol. The van der Waals surface area contributed by atoms with Crippen LogP contribution in [-0.2, 0) is 20.9 Å². The summed E-state index contributed by atoms with van der Waals surface area (Å²) >= 11 is 0. The van der Waals surface area contributed by atoms with E-state index in [9.17, 15) is 18.3 Å². The molecule has 1 fully saturated rings. The summed E-state index contributed by atoms with van der Waals surface area (Å²) in [6.07, 6.45) is 3.98. The van der Waals surface area contributed by atoms with Crippen molar-refractivity contribution in [1.29, 1.82) is 0 Å². The van der Waals surface area contributed by atoms with Crippen LogP contribution in [0.4, 0.5) is 10.6 Å². The molecule has 10 nitrogen and oxygen atoms in total. The number of fused-ring (bicyclic) bond motifs is 1. The largest absolute Gasteiger partial charge is 0.465 e. The Kier molecular flexibility index (Phi) is 8.35. The molecule has 0 unspecified atom stereocenters. The van der Waals surface area contributed by atoms with Crippen molar-refractivity contribution in [3.63, 3.8) is 0 Å². The fourth-order valence-electron chi connectivity index (χ4n) is 4.73. The molecule has 2 N–H and O–H groups in total. The number of carbonyl (C=O) groups is 1. The number of aromatic nitrogens is 3. The summed E-state index contributed by atoms with van der Waals surface area (Å²) in [5.74, 6) is 0.495. The second-order valence-corrected chi connectivity index (χ2v) is 18.9. The highest BCUT2D eigenvalue weighted by atomic mass is 32.2. The molecule has 1 aromatic carbocycles. The number of hydrogen-bond acceptors (Lipinski definition) is 7. The molecule has 0 radical (unpaired) electrons. The Labute approximate surface area is 238 Å². The fraction of sp³-hybridized carbons (Fsp3) is 0.536. The molecule has 1 aliphatic rings. The van der Waals surface area contributed by atoms with Crippen molar-refractivity contribution in [1.82, 2.24) is 18.8 Å². The van der Waals surface area contributed by atoms with Crippen molar-refractivity contribution in [2.75, 3.05) is 18.5 Å². The average Bonchev–Trinajstić information content (AvgIpc) is 3.25. The first-order chi connectivity index (χ1) is 18.6. The number of likely N-dealkylation sites (tertiary alicyclic amines) is 1. The highest BCUT2D eigenvalue weighted by molar-refractivity contribution is 7.90. The lowest BCUT2D eigenvalue weighted by molar-refractivity contribution is 0.108. The van der Waals surface area contributed by atoms with Crippen molar-refractivity contribution in [2.24, 2.45) is 0 Å². The smallest absolute Gasteiger partial charge is 0.407 e. The maximum absolute atomic E-state index is 13.8. The second kappa shape index (κ2) is 11.1. The maximum Gasteiger partial charge on any atom is 0.407 e. The number of benzene rings is 1. The Balaban J connectivity index is 1.75. The van der Waals surface area contributed by atoms with Crippen LogP contribution in [0, 0.1) is 6.92 Å². The van der Waals surface area contributed by atoms with Gasteiger partial charge in [0.15, 0.2) is 14.0 Å². The van der Waals surface area contributed by atoms with Crippen LogP contribution in [-0.4, -0.2) is 72.0 Å². The predicted octanol–water partition coefficient (Wildman–Crippen LogP) is 5.48. The van der Waals surface area contributed by atoms with E-state index in [0.29, 0.717) is 37.2 Å². The van der Waals surface area contributed by atoms with Crippen LogP contribution in [0.25, 0.3) is 11.0 Å². The van der Waals surface area contributed by atoms with E-state index < -0.39 is 24.4 Å². The summed E-state index contributed by atoms with van der Waals surface area (Å²) in [6.45, 7) is 15.5. The van der Waals surface area contributed by atoms with Crippen molar-refractivity contribution < 1.29 is 22.7 Å². The van der Waals surface area contributed by atoms with Crippen molar-refractivity contribution in [2.45, 2.75) is 89.0 Å². The zero-order chi connectivity index (χ0) is 29.5. The molecular formula is C28H41N5O5SSi. The van der Waals surface area contributed by atoms with Crippen molar-refractivity contribution >= 4 is 41.3 Å². The Bertz CT molecular complexity index is 1480. The normalized spacial score (nSPS) is 18.7. The van der Waals surface area contributed by atoms with Gasteiger partial charge in [0.05, 0.1) is 10.3 Å². The van der Waals surface area contributed by atoms with Gasteiger partial charge in [-0.3, -0.25) is 0 Å². The quantitative estimate of drug-likeness (QED) is 0.332. The number of rotatable bonds is 8. The van der Waals surface area contributed by atoms with Gasteiger partial charge in [0.2, 0.25) is 0 Å². The summed E-state index contributed by atoms with van der Waals surface area (Å²) in [7, 11) is -5.96.